The van der Waals surface area contributed by atoms with Crippen LogP contribution in [0.5, 0.6) is 11.5 Å². The molecule has 1 spiro atoms. The minimum absolute atomic E-state index is 0.142. The molecule has 2 aliphatic carbocycles. The number of aromatic hydroxyl groups is 1. The Hall–Kier alpha value is -3.18. The predicted molar refractivity (Wildman–Crippen MR) is 127 cm³/mol. The number of nitrogens with zero attached hydrogens (tertiary/aromatic N) is 2. The molecule has 1 N–H and O–H groups in total. The fraction of sp³-hybridized carbons (Fsp3) is 0.464. The maximum Gasteiger partial charge on any atom is 0.416 e. The number of likely N-dealkylation sites (tertiary alicyclic amines) is 1. The lowest BCUT2D eigenvalue weighted by Crippen LogP contribution is -2.68. The van der Waals surface area contributed by atoms with Crippen LogP contribution in [0.4, 0.5) is 13.2 Å². The molecule has 2 fully saturated rings. The predicted octanol–water partition coefficient (Wildman–Crippen LogP) is 3.96. The van der Waals surface area contributed by atoms with Crippen molar-refractivity contribution < 1.29 is 27.8 Å². The summed E-state index contributed by atoms with van der Waals surface area (Å²) in [6, 6.07) is 8.36. The molecule has 2 aliphatic heterocycles. The molecule has 0 unspecified atom stereocenters. The molecule has 2 bridgehead atoms. The zero-order valence-electron chi connectivity index (χ0n) is 20.1. The van der Waals surface area contributed by atoms with E-state index >= 15 is 0 Å². The fourth-order valence-corrected chi connectivity index (χ4v) is 7.21. The van der Waals surface area contributed by atoms with Crippen molar-refractivity contribution in [2.45, 2.75) is 55.5 Å². The number of amides is 1. The van der Waals surface area contributed by atoms with Crippen molar-refractivity contribution in [3.8, 4) is 23.3 Å². The summed E-state index contributed by atoms with van der Waals surface area (Å²) in [5.41, 5.74) is 1.68. The van der Waals surface area contributed by atoms with Gasteiger partial charge in [0.05, 0.1) is 11.6 Å². The van der Waals surface area contributed by atoms with Gasteiger partial charge in [-0.05, 0) is 81.1 Å². The smallest absolute Gasteiger partial charge is 0.416 e. The first-order chi connectivity index (χ1) is 17.1. The van der Waals surface area contributed by atoms with Gasteiger partial charge in [0.2, 0.25) is 0 Å². The fourth-order valence-electron chi connectivity index (χ4n) is 7.21. The van der Waals surface area contributed by atoms with Crippen LogP contribution >= 0.6 is 0 Å². The van der Waals surface area contributed by atoms with Crippen LogP contribution in [-0.2, 0) is 22.8 Å². The molecule has 0 radical (unpaired) electrons. The molecule has 0 aromatic heterocycles. The Morgan fingerprint density at radius 3 is 2.67 bits per heavy atom. The SMILES string of the molecule is CN1CC[C@]23c4c5ccc(O)c4O[C@H]2[C@H](N(C)C(=O)C#Cc2ccc(C(F)(F)F)cc2)CC[C@H]3[C@H]1C5. The summed E-state index contributed by atoms with van der Waals surface area (Å²) in [5.74, 6) is 6.00. The van der Waals surface area contributed by atoms with E-state index in [9.17, 15) is 23.1 Å². The van der Waals surface area contributed by atoms with Crippen LogP contribution in [-0.4, -0.2) is 59.6 Å². The van der Waals surface area contributed by atoms with Crippen LogP contribution in [0.25, 0.3) is 0 Å². The van der Waals surface area contributed by atoms with Gasteiger partial charge in [-0.1, -0.05) is 12.0 Å². The molecule has 4 aliphatic rings. The average Bonchev–Trinajstić information content (AvgIpc) is 3.21. The number of piperidine rings is 1. The first-order valence-electron chi connectivity index (χ1n) is 12.3. The molecular weight excluding hydrogens is 469 g/mol. The quantitative estimate of drug-likeness (QED) is 0.608. The molecule has 1 saturated heterocycles. The Balaban J connectivity index is 1.30. The van der Waals surface area contributed by atoms with Crippen molar-refractivity contribution in [2.75, 3.05) is 20.6 Å². The molecule has 5 nitrogen and oxygen atoms in total. The Morgan fingerprint density at radius 2 is 1.94 bits per heavy atom. The van der Waals surface area contributed by atoms with Gasteiger partial charge in [-0.25, -0.2) is 0 Å². The summed E-state index contributed by atoms with van der Waals surface area (Å²) >= 11 is 0. The number of likely N-dealkylation sites (N-methyl/N-ethyl adjacent to an activating group) is 2. The van der Waals surface area contributed by atoms with E-state index in [1.165, 1.54) is 17.7 Å². The number of ether oxygens (including phenoxy) is 1. The number of alkyl halides is 3. The standard InChI is InChI=1S/C28H27F3N2O3/c1-32-14-13-27-19-9-10-20(26(27)36-25-22(34)11-6-17(24(25)27)15-21(19)32)33(2)23(35)12-5-16-3-7-18(8-4-16)28(29,30)31/h3-4,6-8,11,19-21,26,34H,9-10,13-15H2,1-2H3/t19-,20+,21+,26-,27-/m0/s1. The highest BCUT2D eigenvalue weighted by molar-refractivity contribution is 5.94. The van der Waals surface area contributed by atoms with E-state index in [-0.39, 0.29) is 23.3 Å². The van der Waals surface area contributed by atoms with Crippen LogP contribution in [0.2, 0.25) is 0 Å². The number of phenolic OH excluding ortho intramolecular Hbond substituents is 1. The van der Waals surface area contributed by atoms with E-state index in [0.29, 0.717) is 23.3 Å². The van der Waals surface area contributed by atoms with Gasteiger partial charge in [0.25, 0.3) is 5.91 Å². The number of hydrogen-bond acceptors (Lipinski definition) is 4. The molecule has 6 rings (SSSR count). The van der Waals surface area contributed by atoms with Crippen LogP contribution < -0.4 is 4.74 Å². The summed E-state index contributed by atoms with van der Waals surface area (Å²) in [6.45, 7) is 0.924. The molecule has 2 aromatic rings. The van der Waals surface area contributed by atoms with Crippen LogP contribution in [0.15, 0.2) is 36.4 Å². The molecule has 36 heavy (non-hydrogen) atoms. The minimum Gasteiger partial charge on any atom is -0.504 e. The average molecular weight is 497 g/mol. The van der Waals surface area contributed by atoms with E-state index in [0.717, 1.165) is 49.9 Å². The largest absolute Gasteiger partial charge is 0.504 e. The molecule has 5 atom stereocenters. The zero-order chi connectivity index (χ0) is 25.4. The maximum atomic E-state index is 13.1. The van der Waals surface area contributed by atoms with Gasteiger partial charge in [0.1, 0.15) is 6.10 Å². The lowest BCUT2D eigenvalue weighted by molar-refractivity contribution is -0.137. The van der Waals surface area contributed by atoms with E-state index in [2.05, 4.69) is 23.8 Å². The molecule has 8 heteroatoms. The van der Waals surface area contributed by atoms with Gasteiger partial charge < -0.3 is 19.6 Å². The first kappa shape index (κ1) is 23.2. The highest BCUT2D eigenvalue weighted by Crippen LogP contribution is 2.64. The third kappa shape index (κ3) is 3.25. The number of phenols is 1. The second-order valence-electron chi connectivity index (χ2n) is 10.5. The van der Waals surface area contributed by atoms with Crippen molar-refractivity contribution in [1.82, 2.24) is 9.80 Å². The zero-order valence-corrected chi connectivity index (χ0v) is 20.1. The summed E-state index contributed by atoms with van der Waals surface area (Å²) in [6.07, 6.45) is -1.17. The number of rotatable bonds is 1. The Kier molecular flexibility index (Phi) is 5.10. The van der Waals surface area contributed by atoms with Gasteiger partial charge in [-0.15, -0.1) is 0 Å². The van der Waals surface area contributed by atoms with Crippen molar-refractivity contribution in [1.29, 1.82) is 0 Å². The van der Waals surface area contributed by atoms with Crippen molar-refractivity contribution >= 4 is 5.91 Å². The number of benzene rings is 2. The summed E-state index contributed by atoms with van der Waals surface area (Å²) in [4.78, 5) is 17.2. The molecule has 1 saturated carbocycles. The van der Waals surface area contributed by atoms with Gasteiger partial charge in [-0.3, -0.25) is 4.79 Å². The monoisotopic (exact) mass is 496 g/mol. The van der Waals surface area contributed by atoms with E-state index < -0.39 is 17.6 Å². The molecular formula is C28H27F3N2O3. The van der Waals surface area contributed by atoms with Gasteiger partial charge >= 0.3 is 6.18 Å². The number of carbonyl (C=O) groups is 1. The molecule has 2 heterocycles. The molecule has 188 valence electrons. The topological polar surface area (TPSA) is 53.0 Å². The highest BCUT2D eigenvalue weighted by Gasteiger charge is 2.66. The molecule has 2 aromatic carbocycles. The summed E-state index contributed by atoms with van der Waals surface area (Å²) in [5, 5.41) is 10.7. The summed E-state index contributed by atoms with van der Waals surface area (Å²) in [7, 11) is 3.89. The van der Waals surface area contributed by atoms with Gasteiger partial charge in [-0.2, -0.15) is 13.2 Å². The number of hydrogen-bond donors (Lipinski definition) is 1. The van der Waals surface area contributed by atoms with Crippen LogP contribution in [0.1, 0.15) is 41.5 Å². The Labute approximate surface area is 207 Å². The normalized spacial score (nSPS) is 30.0. The number of halogens is 3. The lowest BCUT2D eigenvalue weighted by atomic mass is 9.51. The lowest BCUT2D eigenvalue weighted by Gasteiger charge is -2.59. The van der Waals surface area contributed by atoms with Crippen LogP contribution in [0, 0.1) is 17.8 Å². The van der Waals surface area contributed by atoms with Gasteiger partial charge in [0.15, 0.2) is 11.5 Å². The minimum atomic E-state index is -4.42. The third-order valence-electron chi connectivity index (χ3n) is 8.91. The molecule has 1 amide bonds. The van der Waals surface area contributed by atoms with Gasteiger partial charge in [0, 0.05) is 35.6 Å². The van der Waals surface area contributed by atoms with E-state index in [4.69, 9.17) is 4.74 Å². The first-order valence-corrected chi connectivity index (χ1v) is 12.3. The van der Waals surface area contributed by atoms with E-state index in [1.54, 1.807) is 18.0 Å². The second-order valence-corrected chi connectivity index (χ2v) is 10.5. The second kappa shape index (κ2) is 7.91. The van der Waals surface area contributed by atoms with Crippen LogP contribution in [0.3, 0.4) is 0 Å². The Morgan fingerprint density at radius 1 is 1.19 bits per heavy atom. The highest BCUT2D eigenvalue weighted by atomic mass is 19.4. The Bertz CT molecular complexity index is 1300. The summed E-state index contributed by atoms with van der Waals surface area (Å²) < 4.78 is 45.0. The van der Waals surface area contributed by atoms with Crippen molar-refractivity contribution in [3.63, 3.8) is 0 Å². The number of carbonyl (C=O) groups excluding carboxylic acids is 1. The third-order valence-corrected chi connectivity index (χ3v) is 8.91. The van der Waals surface area contributed by atoms with E-state index in [1.807, 2.05) is 6.07 Å². The van der Waals surface area contributed by atoms with Crippen molar-refractivity contribution in [3.05, 3.63) is 58.7 Å². The maximum absolute atomic E-state index is 13.1. The van der Waals surface area contributed by atoms with Crippen molar-refractivity contribution in [2.24, 2.45) is 5.92 Å².